The summed E-state index contributed by atoms with van der Waals surface area (Å²) < 4.78 is 25.4. The molecule has 1 saturated carbocycles. The van der Waals surface area contributed by atoms with Crippen LogP contribution in [0.2, 0.25) is 0 Å². The zero-order valence-corrected chi connectivity index (χ0v) is 18.3. The molecule has 2 aromatic heterocycles. The molecule has 33 heavy (non-hydrogen) atoms. The maximum atomic E-state index is 13.5. The topological polar surface area (TPSA) is 97.3 Å². The lowest BCUT2D eigenvalue weighted by Crippen LogP contribution is -2.45. The van der Waals surface area contributed by atoms with Gasteiger partial charge >= 0.3 is 0 Å². The molecule has 2 atom stereocenters. The molecule has 1 aliphatic heterocycles. The fraction of sp³-hybridized carbons (Fsp3) is 0.400. The van der Waals surface area contributed by atoms with Crippen molar-refractivity contribution in [2.45, 2.75) is 38.6 Å². The summed E-state index contributed by atoms with van der Waals surface area (Å²) in [7, 11) is 0. The molecule has 172 valence electrons. The van der Waals surface area contributed by atoms with E-state index in [1.54, 1.807) is 24.5 Å². The molecule has 3 aromatic rings. The minimum Gasteiger partial charge on any atom is -0.393 e. The summed E-state index contributed by atoms with van der Waals surface area (Å²) in [5, 5.41) is 9.80. The SMILES string of the molecule is CC1(C(=O)C2CCC(O)C2)COC(c2nc(-c3ccc(F)cc3)c(-c3ccncc3)[nH]2)OC1. The van der Waals surface area contributed by atoms with Crippen LogP contribution in [0.1, 0.15) is 38.3 Å². The monoisotopic (exact) mass is 451 g/mol. The number of nitrogens with one attached hydrogen (secondary N) is 1. The third-order valence-corrected chi connectivity index (χ3v) is 6.51. The minimum atomic E-state index is -0.758. The van der Waals surface area contributed by atoms with E-state index in [0.29, 0.717) is 30.8 Å². The molecule has 7 nitrogen and oxygen atoms in total. The smallest absolute Gasteiger partial charge is 0.217 e. The molecule has 8 heteroatoms. The van der Waals surface area contributed by atoms with Crippen molar-refractivity contribution in [3.05, 3.63) is 60.4 Å². The van der Waals surface area contributed by atoms with Crippen molar-refractivity contribution >= 4 is 5.78 Å². The van der Waals surface area contributed by atoms with Gasteiger partial charge in [0.15, 0.2) is 5.82 Å². The number of aromatic nitrogens is 3. The molecule has 5 rings (SSSR count). The van der Waals surface area contributed by atoms with Crippen LogP contribution in [0.5, 0.6) is 0 Å². The fourth-order valence-electron chi connectivity index (χ4n) is 4.65. The molecular formula is C25H26FN3O4. The number of halogens is 1. The number of benzene rings is 1. The van der Waals surface area contributed by atoms with Gasteiger partial charge in [0.05, 0.1) is 36.1 Å². The van der Waals surface area contributed by atoms with Crippen LogP contribution in [-0.4, -0.2) is 45.2 Å². The number of hydrogen-bond donors (Lipinski definition) is 2. The first-order valence-electron chi connectivity index (χ1n) is 11.1. The van der Waals surface area contributed by atoms with Gasteiger partial charge in [0, 0.05) is 29.4 Å². The van der Waals surface area contributed by atoms with Crippen LogP contribution in [0.25, 0.3) is 22.5 Å². The van der Waals surface area contributed by atoms with Gasteiger partial charge in [-0.2, -0.15) is 0 Å². The Morgan fingerprint density at radius 3 is 2.42 bits per heavy atom. The normalized spacial score (nSPS) is 27.5. The predicted molar refractivity (Wildman–Crippen MR) is 118 cm³/mol. The largest absolute Gasteiger partial charge is 0.393 e. The molecule has 0 amide bonds. The van der Waals surface area contributed by atoms with Gasteiger partial charge < -0.3 is 19.6 Å². The van der Waals surface area contributed by atoms with Crippen LogP contribution in [0, 0.1) is 17.2 Å². The first-order valence-corrected chi connectivity index (χ1v) is 11.1. The number of aliphatic hydroxyl groups is 1. The highest BCUT2D eigenvalue weighted by Gasteiger charge is 2.45. The number of carbonyl (C=O) groups excluding carboxylic acids is 1. The maximum Gasteiger partial charge on any atom is 0.217 e. The minimum absolute atomic E-state index is 0.0846. The van der Waals surface area contributed by atoms with E-state index < -0.39 is 17.8 Å². The number of H-pyrrole nitrogens is 1. The lowest BCUT2D eigenvalue weighted by atomic mass is 9.79. The van der Waals surface area contributed by atoms with Crippen molar-refractivity contribution in [2.75, 3.05) is 13.2 Å². The molecule has 1 saturated heterocycles. The Hall–Kier alpha value is -2.94. The summed E-state index contributed by atoms with van der Waals surface area (Å²) in [5.74, 6) is 0.0896. The standard InChI is InChI=1S/C25H26FN3O4/c1-25(22(31)17-4-7-19(30)12-17)13-32-24(33-14-25)23-28-20(15-2-5-18(26)6-3-15)21(29-23)16-8-10-27-11-9-16/h2-3,5-6,8-11,17,19,24,30H,4,7,12-14H2,1H3,(H,28,29). The van der Waals surface area contributed by atoms with Crippen molar-refractivity contribution in [1.82, 2.24) is 15.0 Å². The Morgan fingerprint density at radius 2 is 1.79 bits per heavy atom. The lowest BCUT2D eigenvalue weighted by molar-refractivity contribution is -0.231. The number of ether oxygens (including phenoxy) is 2. The van der Waals surface area contributed by atoms with Crippen LogP contribution in [-0.2, 0) is 14.3 Å². The molecule has 1 aliphatic carbocycles. The second-order valence-corrected chi connectivity index (χ2v) is 9.13. The molecule has 1 aromatic carbocycles. The van der Waals surface area contributed by atoms with Crippen LogP contribution in [0.15, 0.2) is 48.8 Å². The molecule has 3 heterocycles. The molecule has 2 unspecified atom stereocenters. The summed E-state index contributed by atoms with van der Waals surface area (Å²) in [5.41, 5.74) is 2.26. The van der Waals surface area contributed by atoms with Crippen LogP contribution in [0.3, 0.4) is 0 Å². The number of Topliss-reactive ketones (excluding diaryl/α,β-unsaturated/α-hetero) is 1. The van der Waals surface area contributed by atoms with E-state index in [-0.39, 0.29) is 30.7 Å². The van der Waals surface area contributed by atoms with Crippen molar-refractivity contribution in [1.29, 1.82) is 0 Å². The van der Waals surface area contributed by atoms with Gasteiger partial charge in [-0.05, 0) is 62.6 Å². The quantitative estimate of drug-likeness (QED) is 0.607. The number of hydrogen-bond acceptors (Lipinski definition) is 6. The molecule has 0 spiro atoms. The number of nitrogens with zero attached hydrogens (tertiary/aromatic N) is 2. The number of imidazole rings is 1. The van der Waals surface area contributed by atoms with Gasteiger partial charge in [-0.3, -0.25) is 9.78 Å². The Kier molecular flexibility index (Phi) is 5.82. The summed E-state index contributed by atoms with van der Waals surface area (Å²) in [6, 6.07) is 9.86. The van der Waals surface area contributed by atoms with E-state index in [1.165, 1.54) is 12.1 Å². The lowest BCUT2D eigenvalue weighted by Gasteiger charge is -2.37. The molecule has 0 radical (unpaired) electrons. The molecule has 2 fully saturated rings. The third-order valence-electron chi connectivity index (χ3n) is 6.51. The summed E-state index contributed by atoms with van der Waals surface area (Å²) in [6.07, 6.45) is 4.09. The Bertz CT molecular complexity index is 1120. The Balaban J connectivity index is 1.39. The first-order chi connectivity index (χ1) is 15.9. The highest BCUT2D eigenvalue weighted by molar-refractivity contribution is 5.87. The highest BCUT2D eigenvalue weighted by Crippen LogP contribution is 2.39. The van der Waals surface area contributed by atoms with Gasteiger partial charge in [-0.25, -0.2) is 9.37 Å². The van der Waals surface area contributed by atoms with E-state index in [9.17, 15) is 14.3 Å². The van der Waals surface area contributed by atoms with Gasteiger partial charge in [0.2, 0.25) is 6.29 Å². The number of aliphatic hydroxyl groups excluding tert-OH is 1. The Morgan fingerprint density at radius 1 is 1.09 bits per heavy atom. The van der Waals surface area contributed by atoms with E-state index in [2.05, 4.69) is 9.97 Å². The summed E-state index contributed by atoms with van der Waals surface area (Å²) >= 11 is 0. The highest BCUT2D eigenvalue weighted by atomic mass is 19.1. The van der Waals surface area contributed by atoms with Crippen LogP contribution < -0.4 is 0 Å². The summed E-state index contributed by atoms with van der Waals surface area (Å²) in [4.78, 5) is 25.1. The second kappa shape index (κ2) is 8.78. The van der Waals surface area contributed by atoms with Gasteiger partial charge in [0.1, 0.15) is 11.6 Å². The second-order valence-electron chi connectivity index (χ2n) is 9.13. The first kappa shape index (κ1) is 21.9. The van der Waals surface area contributed by atoms with E-state index in [4.69, 9.17) is 14.5 Å². The van der Waals surface area contributed by atoms with Crippen LogP contribution >= 0.6 is 0 Å². The number of pyridine rings is 1. The van der Waals surface area contributed by atoms with E-state index in [1.807, 2.05) is 19.1 Å². The number of rotatable bonds is 5. The zero-order valence-electron chi connectivity index (χ0n) is 18.3. The zero-order chi connectivity index (χ0) is 23.0. The van der Waals surface area contributed by atoms with Crippen molar-refractivity contribution in [3.8, 4) is 22.5 Å². The number of carbonyl (C=O) groups is 1. The van der Waals surface area contributed by atoms with Crippen molar-refractivity contribution < 1.29 is 23.8 Å². The van der Waals surface area contributed by atoms with Gasteiger partial charge in [0.25, 0.3) is 0 Å². The van der Waals surface area contributed by atoms with E-state index in [0.717, 1.165) is 16.8 Å². The Labute approximate surface area is 191 Å². The molecule has 0 bridgehead atoms. The maximum absolute atomic E-state index is 13.5. The number of aromatic amines is 1. The van der Waals surface area contributed by atoms with Gasteiger partial charge in [-0.15, -0.1) is 0 Å². The average molecular weight is 451 g/mol. The van der Waals surface area contributed by atoms with Crippen molar-refractivity contribution in [2.24, 2.45) is 11.3 Å². The predicted octanol–water partition coefficient (Wildman–Crippen LogP) is 4.06. The summed E-state index contributed by atoms with van der Waals surface area (Å²) in [6.45, 7) is 2.27. The average Bonchev–Trinajstić information content (AvgIpc) is 3.47. The fourth-order valence-corrected chi connectivity index (χ4v) is 4.65. The van der Waals surface area contributed by atoms with Crippen LogP contribution in [0.4, 0.5) is 4.39 Å². The van der Waals surface area contributed by atoms with Gasteiger partial charge in [-0.1, -0.05) is 0 Å². The molecular weight excluding hydrogens is 425 g/mol. The number of ketones is 1. The molecule has 2 aliphatic rings. The third kappa shape index (κ3) is 4.34. The van der Waals surface area contributed by atoms with Crippen molar-refractivity contribution in [3.63, 3.8) is 0 Å². The molecule has 2 N–H and O–H groups in total. The van der Waals surface area contributed by atoms with E-state index >= 15 is 0 Å².